The first kappa shape index (κ1) is 19.3. The van der Waals surface area contributed by atoms with Crippen LogP contribution in [-0.4, -0.2) is 18.7 Å². The first-order chi connectivity index (χ1) is 13.0. The zero-order valence-electron chi connectivity index (χ0n) is 13.8. The Kier molecular flexibility index (Phi) is 6.40. The van der Waals surface area contributed by atoms with Gasteiger partial charge in [-0.2, -0.15) is 5.10 Å². The number of rotatable bonds is 6. The Labute approximate surface area is 170 Å². The van der Waals surface area contributed by atoms with Gasteiger partial charge in [0.05, 0.1) is 11.2 Å². The van der Waals surface area contributed by atoms with Crippen molar-refractivity contribution in [2.45, 2.75) is 0 Å². The van der Waals surface area contributed by atoms with Gasteiger partial charge in [-0.05, 0) is 54.6 Å². The Bertz CT molecular complexity index is 969. The minimum Gasteiger partial charge on any atom is -0.484 e. The van der Waals surface area contributed by atoms with Gasteiger partial charge in [-0.15, -0.1) is 0 Å². The van der Waals surface area contributed by atoms with E-state index in [-0.39, 0.29) is 6.61 Å². The molecule has 0 atom stereocenters. The molecule has 0 aliphatic heterocycles. The van der Waals surface area contributed by atoms with Gasteiger partial charge in [0.1, 0.15) is 17.3 Å². The molecule has 0 saturated carbocycles. The molecule has 8 heteroatoms. The highest BCUT2D eigenvalue weighted by atomic mass is 35.5. The maximum absolute atomic E-state index is 11.7. The molecule has 0 saturated heterocycles. The highest BCUT2D eigenvalue weighted by Crippen LogP contribution is 2.31. The maximum atomic E-state index is 11.7. The first-order valence-electron chi connectivity index (χ1n) is 7.77. The predicted octanol–water partition coefficient (Wildman–Crippen LogP) is 5.44. The van der Waals surface area contributed by atoms with Gasteiger partial charge in [0.2, 0.25) is 0 Å². The van der Waals surface area contributed by atoms with Crippen LogP contribution < -0.4 is 10.2 Å². The molecule has 5 nitrogen and oxygen atoms in total. The number of ether oxygens (including phenoxy) is 1. The number of hydrogen-bond donors (Lipinski definition) is 1. The van der Waals surface area contributed by atoms with Gasteiger partial charge in [0, 0.05) is 15.6 Å². The molecule has 0 fully saturated rings. The monoisotopic (exact) mass is 422 g/mol. The van der Waals surface area contributed by atoms with Crippen LogP contribution in [0.3, 0.4) is 0 Å². The van der Waals surface area contributed by atoms with E-state index < -0.39 is 5.91 Å². The summed E-state index contributed by atoms with van der Waals surface area (Å²) in [5.74, 6) is 1.11. The van der Waals surface area contributed by atoms with Crippen LogP contribution in [0.15, 0.2) is 64.1 Å². The zero-order valence-corrected chi connectivity index (χ0v) is 16.1. The summed E-state index contributed by atoms with van der Waals surface area (Å²) in [4.78, 5) is 11.7. The number of hydrazone groups is 1. The third-order valence-electron chi connectivity index (χ3n) is 3.39. The van der Waals surface area contributed by atoms with Gasteiger partial charge in [-0.3, -0.25) is 4.79 Å². The van der Waals surface area contributed by atoms with Crippen molar-refractivity contribution in [3.63, 3.8) is 0 Å². The molecule has 2 aromatic carbocycles. The van der Waals surface area contributed by atoms with Crippen molar-refractivity contribution < 1.29 is 13.9 Å². The van der Waals surface area contributed by atoms with Gasteiger partial charge in [-0.25, -0.2) is 5.43 Å². The highest BCUT2D eigenvalue weighted by Gasteiger charge is 2.09. The largest absolute Gasteiger partial charge is 0.484 e. The van der Waals surface area contributed by atoms with Crippen molar-refractivity contribution in [3.8, 4) is 17.1 Å². The van der Waals surface area contributed by atoms with Crippen LogP contribution in [0.5, 0.6) is 5.75 Å². The van der Waals surface area contributed by atoms with Gasteiger partial charge in [-0.1, -0.05) is 34.8 Å². The number of amides is 1. The van der Waals surface area contributed by atoms with Gasteiger partial charge >= 0.3 is 0 Å². The molecule has 0 spiro atoms. The van der Waals surface area contributed by atoms with Crippen LogP contribution in [0.4, 0.5) is 0 Å². The number of nitrogens with one attached hydrogen (secondary N) is 1. The number of halogens is 3. The van der Waals surface area contributed by atoms with Crippen LogP contribution in [0.1, 0.15) is 5.76 Å². The average Bonchev–Trinajstić information content (AvgIpc) is 3.12. The standard InChI is InChI=1S/C19H13Cl3N2O3/c20-12-1-4-14(5-2-12)26-11-19(25)24-23-10-15-6-8-18(27-15)16-9-13(21)3-7-17(16)22/h1-10H,11H2,(H,24,25)/b23-10+. The molecule has 1 heterocycles. The van der Waals surface area contributed by atoms with Crippen molar-refractivity contribution in [1.82, 2.24) is 5.43 Å². The first-order valence-corrected chi connectivity index (χ1v) is 8.90. The molecule has 138 valence electrons. The van der Waals surface area contributed by atoms with E-state index in [4.69, 9.17) is 44.0 Å². The zero-order chi connectivity index (χ0) is 19.2. The van der Waals surface area contributed by atoms with Gasteiger partial charge < -0.3 is 9.15 Å². The quantitative estimate of drug-likeness (QED) is 0.424. The Morgan fingerprint density at radius 1 is 1.04 bits per heavy atom. The van der Waals surface area contributed by atoms with Crippen molar-refractivity contribution >= 4 is 46.9 Å². The second-order valence-corrected chi connectivity index (χ2v) is 6.64. The van der Waals surface area contributed by atoms with Crippen molar-refractivity contribution in [2.24, 2.45) is 5.10 Å². The predicted molar refractivity (Wildman–Crippen MR) is 107 cm³/mol. The third kappa shape index (κ3) is 5.50. The second kappa shape index (κ2) is 8.95. The van der Waals surface area contributed by atoms with Gasteiger partial charge in [0.15, 0.2) is 6.61 Å². The molecule has 0 radical (unpaired) electrons. The number of hydrogen-bond acceptors (Lipinski definition) is 4. The molecule has 0 aliphatic carbocycles. The van der Waals surface area contributed by atoms with Crippen LogP contribution in [0.2, 0.25) is 15.1 Å². The molecule has 3 rings (SSSR count). The summed E-state index contributed by atoms with van der Waals surface area (Å²) in [7, 11) is 0. The van der Waals surface area contributed by atoms with E-state index in [2.05, 4.69) is 10.5 Å². The summed E-state index contributed by atoms with van der Waals surface area (Å²) in [5, 5.41) is 5.50. The van der Waals surface area contributed by atoms with E-state index >= 15 is 0 Å². The molecular weight excluding hydrogens is 411 g/mol. The Morgan fingerprint density at radius 2 is 1.78 bits per heavy atom. The normalized spacial score (nSPS) is 10.9. The van der Waals surface area contributed by atoms with E-state index in [1.165, 1.54) is 6.21 Å². The minimum atomic E-state index is -0.411. The molecule has 0 bridgehead atoms. The SMILES string of the molecule is O=C(COc1ccc(Cl)cc1)N/N=C/c1ccc(-c2cc(Cl)ccc2Cl)o1. The van der Waals surface area contributed by atoms with Crippen molar-refractivity contribution in [2.75, 3.05) is 6.61 Å². The van der Waals surface area contributed by atoms with E-state index in [0.29, 0.717) is 37.9 Å². The topological polar surface area (TPSA) is 63.8 Å². The number of benzene rings is 2. The molecule has 0 unspecified atom stereocenters. The van der Waals surface area contributed by atoms with Crippen LogP contribution in [0.25, 0.3) is 11.3 Å². The highest BCUT2D eigenvalue weighted by molar-refractivity contribution is 6.35. The number of furan rings is 1. The van der Waals surface area contributed by atoms with E-state index in [1.807, 2.05) is 0 Å². The van der Waals surface area contributed by atoms with Crippen LogP contribution in [-0.2, 0) is 4.79 Å². The fourth-order valence-electron chi connectivity index (χ4n) is 2.13. The van der Waals surface area contributed by atoms with Gasteiger partial charge in [0.25, 0.3) is 5.91 Å². The smallest absolute Gasteiger partial charge is 0.277 e. The fraction of sp³-hybridized carbons (Fsp3) is 0.0526. The van der Waals surface area contributed by atoms with Crippen molar-refractivity contribution in [1.29, 1.82) is 0 Å². The molecule has 1 aromatic heterocycles. The lowest BCUT2D eigenvalue weighted by atomic mass is 10.2. The lowest BCUT2D eigenvalue weighted by Gasteiger charge is -2.04. The Hall–Kier alpha value is -2.47. The van der Waals surface area contributed by atoms with E-state index in [9.17, 15) is 4.79 Å². The van der Waals surface area contributed by atoms with Crippen molar-refractivity contribution in [3.05, 3.63) is 75.4 Å². The van der Waals surface area contributed by atoms with E-state index in [1.54, 1.807) is 54.6 Å². The Balaban J connectivity index is 1.54. The van der Waals surface area contributed by atoms with Crippen LogP contribution >= 0.6 is 34.8 Å². The summed E-state index contributed by atoms with van der Waals surface area (Å²) in [6.07, 6.45) is 1.38. The minimum absolute atomic E-state index is 0.180. The second-order valence-electron chi connectivity index (χ2n) is 5.36. The number of nitrogens with zero attached hydrogens (tertiary/aromatic N) is 1. The third-order valence-corrected chi connectivity index (χ3v) is 4.20. The summed E-state index contributed by atoms with van der Waals surface area (Å²) < 4.78 is 11.0. The lowest BCUT2D eigenvalue weighted by Crippen LogP contribution is -2.24. The molecule has 27 heavy (non-hydrogen) atoms. The molecule has 1 amide bonds. The Morgan fingerprint density at radius 3 is 2.56 bits per heavy atom. The maximum Gasteiger partial charge on any atom is 0.277 e. The summed E-state index contributed by atoms with van der Waals surface area (Å²) >= 11 is 17.9. The van der Waals surface area contributed by atoms with Crippen LogP contribution in [0, 0.1) is 0 Å². The average molecular weight is 424 g/mol. The summed E-state index contributed by atoms with van der Waals surface area (Å²) in [6, 6.07) is 15.2. The summed E-state index contributed by atoms with van der Waals surface area (Å²) in [5.41, 5.74) is 3.03. The van der Waals surface area contributed by atoms with E-state index in [0.717, 1.165) is 0 Å². The molecule has 3 aromatic rings. The molecule has 1 N–H and O–H groups in total. The lowest BCUT2D eigenvalue weighted by molar-refractivity contribution is -0.123. The molecule has 0 aliphatic rings. The number of carbonyl (C=O) groups is 1. The summed E-state index contributed by atoms with van der Waals surface area (Å²) in [6.45, 7) is -0.180. The fourth-order valence-corrected chi connectivity index (χ4v) is 2.64. The molecular formula is C19H13Cl3N2O3. The number of carbonyl (C=O) groups excluding carboxylic acids is 1.